The van der Waals surface area contributed by atoms with Crippen molar-refractivity contribution in [1.29, 1.82) is 0 Å². The molecule has 0 saturated carbocycles. The molecule has 20 heavy (non-hydrogen) atoms. The van der Waals surface area contributed by atoms with E-state index < -0.39 is 0 Å². The molecule has 4 nitrogen and oxygen atoms in total. The first kappa shape index (κ1) is 14.9. The summed E-state index contributed by atoms with van der Waals surface area (Å²) in [5, 5.41) is 2.75. The molecule has 1 aliphatic rings. The largest absolute Gasteiger partial charge is 0.399 e. The Balaban J connectivity index is 1.67. The molecule has 0 atom stereocenters. The molecule has 110 valence electrons. The van der Waals surface area contributed by atoms with Crippen LogP contribution in [0.2, 0.25) is 0 Å². The van der Waals surface area contributed by atoms with E-state index in [1.165, 1.54) is 5.56 Å². The lowest BCUT2D eigenvalue weighted by atomic mass is 9.96. The van der Waals surface area contributed by atoms with Crippen molar-refractivity contribution < 1.29 is 4.79 Å². The quantitative estimate of drug-likeness (QED) is 0.804. The summed E-state index contributed by atoms with van der Waals surface area (Å²) < 4.78 is 0. The highest BCUT2D eigenvalue weighted by Crippen LogP contribution is 2.18. The second-order valence-corrected chi connectivity index (χ2v) is 5.58. The van der Waals surface area contributed by atoms with Crippen LogP contribution in [-0.4, -0.2) is 37.5 Å². The number of hydrogen-bond acceptors (Lipinski definition) is 3. The van der Waals surface area contributed by atoms with Crippen LogP contribution in [0.5, 0.6) is 0 Å². The van der Waals surface area contributed by atoms with Gasteiger partial charge < -0.3 is 16.0 Å². The smallest absolute Gasteiger partial charge is 0.222 e. The van der Waals surface area contributed by atoms with Crippen LogP contribution in [-0.2, 0) is 11.2 Å². The van der Waals surface area contributed by atoms with Crippen LogP contribution in [0.4, 0.5) is 5.69 Å². The van der Waals surface area contributed by atoms with Crippen molar-refractivity contribution in [3.63, 3.8) is 0 Å². The molecule has 1 fully saturated rings. The number of nitrogens with zero attached hydrogens (tertiary/aromatic N) is 1. The molecule has 0 aliphatic carbocycles. The molecule has 1 saturated heterocycles. The fourth-order valence-corrected chi connectivity index (χ4v) is 2.88. The first-order valence-corrected chi connectivity index (χ1v) is 7.47. The van der Waals surface area contributed by atoms with Crippen molar-refractivity contribution in [2.24, 2.45) is 5.92 Å². The molecule has 1 aliphatic heterocycles. The van der Waals surface area contributed by atoms with Crippen LogP contribution in [0.3, 0.4) is 0 Å². The van der Waals surface area contributed by atoms with Gasteiger partial charge in [0.15, 0.2) is 0 Å². The summed E-state index contributed by atoms with van der Waals surface area (Å²) in [4.78, 5) is 14.0. The third-order valence-corrected chi connectivity index (χ3v) is 4.10. The Morgan fingerprint density at radius 2 is 2.15 bits per heavy atom. The monoisotopic (exact) mass is 275 g/mol. The zero-order chi connectivity index (χ0) is 14.4. The van der Waals surface area contributed by atoms with Crippen molar-refractivity contribution >= 4 is 11.6 Å². The van der Waals surface area contributed by atoms with Gasteiger partial charge in [-0.1, -0.05) is 12.1 Å². The number of anilines is 1. The van der Waals surface area contributed by atoms with Crippen LogP contribution >= 0.6 is 0 Å². The number of likely N-dealkylation sites (tertiary alicyclic amines) is 1. The summed E-state index contributed by atoms with van der Waals surface area (Å²) >= 11 is 0. The van der Waals surface area contributed by atoms with Crippen LogP contribution in [0.1, 0.15) is 24.8 Å². The number of nitrogens with one attached hydrogen (secondary N) is 1. The molecule has 1 aromatic rings. The molecule has 2 rings (SSSR count). The van der Waals surface area contributed by atoms with Crippen molar-refractivity contribution in [2.75, 3.05) is 32.4 Å². The number of hydrogen-bond donors (Lipinski definition) is 2. The predicted molar refractivity (Wildman–Crippen MR) is 82.4 cm³/mol. The Labute approximate surface area is 121 Å². The molecule has 0 unspecified atom stereocenters. The van der Waals surface area contributed by atoms with E-state index in [2.05, 4.69) is 22.3 Å². The normalized spacial score (nSPS) is 17.1. The van der Waals surface area contributed by atoms with E-state index in [1.54, 1.807) is 7.05 Å². The second kappa shape index (κ2) is 7.29. The van der Waals surface area contributed by atoms with Crippen LogP contribution in [0.15, 0.2) is 24.3 Å². The highest BCUT2D eigenvalue weighted by molar-refractivity contribution is 5.78. The van der Waals surface area contributed by atoms with E-state index in [0.29, 0.717) is 0 Å². The van der Waals surface area contributed by atoms with Crippen LogP contribution in [0, 0.1) is 5.92 Å². The number of aryl methyl sites for hydroxylation is 1. The molecule has 3 N–H and O–H groups in total. The molecule has 1 amide bonds. The molecule has 0 radical (unpaired) electrons. The van der Waals surface area contributed by atoms with Gasteiger partial charge in [-0.25, -0.2) is 0 Å². The summed E-state index contributed by atoms with van der Waals surface area (Å²) in [6, 6.07) is 8.12. The lowest BCUT2D eigenvalue weighted by Crippen LogP contribution is -2.39. The van der Waals surface area contributed by atoms with Crippen molar-refractivity contribution in [2.45, 2.75) is 25.7 Å². The maximum atomic E-state index is 11.6. The molecule has 4 heteroatoms. The third kappa shape index (κ3) is 4.23. The van der Waals surface area contributed by atoms with Crippen LogP contribution in [0.25, 0.3) is 0 Å². The van der Waals surface area contributed by atoms with E-state index in [-0.39, 0.29) is 11.8 Å². The minimum atomic E-state index is 0.199. The zero-order valence-corrected chi connectivity index (χ0v) is 12.3. The average Bonchev–Trinajstić information content (AvgIpc) is 2.47. The van der Waals surface area contributed by atoms with E-state index >= 15 is 0 Å². The molecular weight excluding hydrogens is 250 g/mol. The minimum Gasteiger partial charge on any atom is -0.399 e. The van der Waals surface area contributed by atoms with Gasteiger partial charge in [-0.2, -0.15) is 0 Å². The highest BCUT2D eigenvalue weighted by atomic mass is 16.1. The maximum Gasteiger partial charge on any atom is 0.222 e. The number of nitrogen functional groups attached to an aromatic ring is 1. The van der Waals surface area contributed by atoms with E-state index in [9.17, 15) is 4.79 Å². The first-order chi connectivity index (χ1) is 9.69. The summed E-state index contributed by atoms with van der Waals surface area (Å²) in [5.74, 6) is 0.412. The average molecular weight is 275 g/mol. The van der Waals surface area contributed by atoms with Gasteiger partial charge in [0.2, 0.25) is 5.91 Å². The van der Waals surface area contributed by atoms with Gasteiger partial charge >= 0.3 is 0 Å². The zero-order valence-electron chi connectivity index (χ0n) is 12.3. The molecule has 1 heterocycles. The number of benzene rings is 1. The standard InChI is InChI=1S/C16H25N3O/c1-18-16(20)14-7-10-19(11-8-14)9-3-5-13-4-2-6-15(17)12-13/h2,4,6,12,14H,3,5,7-11,17H2,1H3,(H,18,20). The van der Waals surface area contributed by atoms with Gasteiger partial charge in [0.25, 0.3) is 0 Å². The number of nitrogens with two attached hydrogens (primary N) is 1. The molecular formula is C16H25N3O. The third-order valence-electron chi connectivity index (χ3n) is 4.10. The van der Waals surface area contributed by atoms with Crippen LogP contribution < -0.4 is 11.1 Å². The first-order valence-electron chi connectivity index (χ1n) is 7.47. The van der Waals surface area contributed by atoms with Gasteiger partial charge in [-0.05, 0) is 63.0 Å². The summed E-state index contributed by atoms with van der Waals surface area (Å²) in [5.41, 5.74) is 7.93. The Morgan fingerprint density at radius 3 is 2.80 bits per heavy atom. The Morgan fingerprint density at radius 1 is 1.40 bits per heavy atom. The van der Waals surface area contributed by atoms with E-state index in [1.807, 2.05) is 12.1 Å². The number of carbonyl (C=O) groups is 1. The molecule has 0 bridgehead atoms. The Bertz CT molecular complexity index is 439. The highest BCUT2D eigenvalue weighted by Gasteiger charge is 2.23. The number of rotatable bonds is 5. The Kier molecular flexibility index (Phi) is 5.41. The van der Waals surface area contributed by atoms with Crippen molar-refractivity contribution in [3.8, 4) is 0 Å². The molecule has 0 aromatic heterocycles. The van der Waals surface area contributed by atoms with E-state index in [0.717, 1.165) is 51.0 Å². The SMILES string of the molecule is CNC(=O)C1CCN(CCCc2cccc(N)c2)CC1. The lowest BCUT2D eigenvalue weighted by molar-refractivity contribution is -0.125. The fourth-order valence-electron chi connectivity index (χ4n) is 2.88. The van der Waals surface area contributed by atoms with Gasteiger partial charge in [0.1, 0.15) is 0 Å². The fraction of sp³-hybridized carbons (Fsp3) is 0.562. The minimum absolute atomic E-state index is 0.199. The number of carbonyl (C=O) groups excluding carboxylic acids is 1. The summed E-state index contributed by atoms with van der Waals surface area (Å²) in [7, 11) is 1.72. The lowest BCUT2D eigenvalue weighted by Gasteiger charge is -2.31. The number of piperidine rings is 1. The molecule has 1 aromatic carbocycles. The van der Waals surface area contributed by atoms with Gasteiger partial charge in [0, 0.05) is 18.7 Å². The van der Waals surface area contributed by atoms with Gasteiger partial charge in [-0.15, -0.1) is 0 Å². The van der Waals surface area contributed by atoms with Crippen molar-refractivity contribution in [1.82, 2.24) is 10.2 Å². The summed E-state index contributed by atoms with van der Waals surface area (Å²) in [6.07, 6.45) is 4.18. The van der Waals surface area contributed by atoms with Gasteiger partial charge in [0.05, 0.1) is 0 Å². The van der Waals surface area contributed by atoms with E-state index in [4.69, 9.17) is 5.73 Å². The molecule has 0 spiro atoms. The summed E-state index contributed by atoms with van der Waals surface area (Å²) in [6.45, 7) is 3.18. The topological polar surface area (TPSA) is 58.4 Å². The van der Waals surface area contributed by atoms with Gasteiger partial charge in [-0.3, -0.25) is 4.79 Å². The predicted octanol–water partition coefficient (Wildman–Crippen LogP) is 1.66. The Hall–Kier alpha value is -1.55. The number of amides is 1. The van der Waals surface area contributed by atoms with Crippen molar-refractivity contribution in [3.05, 3.63) is 29.8 Å². The maximum absolute atomic E-state index is 11.6. The second-order valence-electron chi connectivity index (χ2n) is 5.58.